The second kappa shape index (κ2) is 5.87. The van der Waals surface area contributed by atoms with Crippen LogP contribution in [-0.4, -0.2) is 41.6 Å². The fraction of sp³-hybridized carbons (Fsp3) is 0.577. The van der Waals surface area contributed by atoms with Gasteiger partial charge in [-0.25, -0.2) is 0 Å². The molecule has 0 N–H and O–H groups in total. The molecule has 5 heteroatoms. The number of imide groups is 1. The summed E-state index contributed by atoms with van der Waals surface area (Å²) in [6.45, 7) is 0. The minimum Gasteiger partial charge on any atom is -0.353 e. The number of hydrogen-bond donors (Lipinski definition) is 0. The van der Waals surface area contributed by atoms with Gasteiger partial charge in [-0.2, -0.15) is 0 Å². The van der Waals surface area contributed by atoms with E-state index in [1.165, 1.54) is 24.2 Å². The Kier molecular flexibility index (Phi) is 3.44. The van der Waals surface area contributed by atoms with Crippen LogP contribution < -0.4 is 4.90 Å². The van der Waals surface area contributed by atoms with E-state index in [-0.39, 0.29) is 29.1 Å². The van der Waals surface area contributed by atoms with E-state index in [2.05, 4.69) is 23.1 Å². The lowest BCUT2D eigenvalue weighted by Gasteiger charge is -2.57. The Balaban J connectivity index is 1.37. The first-order valence-electron chi connectivity index (χ1n) is 11.9. The van der Waals surface area contributed by atoms with Crippen LogP contribution in [-0.2, 0) is 14.4 Å². The number of likely N-dealkylation sites (tertiary alicyclic amines) is 1. The summed E-state index contributed by atoms with van der Waals surface area (Å²) >= 11 is 0. The second-order valence-electron chi connectivity index (χ2n) is 11.1. The lowest BCUT2D eigenvalue weighted by Crippen LogP contribution is -2.57. The van der Waals surface area contributed by atoms with Crippen LogP contribution >= 0.6 is 0 Å². The average molecular weight is 417 g/mol. The number of carbonyl (C=O) groups excluding carboxylic acids is 3. The smallest absolute Gasteiger partial charge is 0.235 e. The highest BCUT2D eigenvalue weighted by Crippen LogP contribution is 2.62. The molecule has 4 aliphatic carbocycles. The molecule has 2 saturated heterocycles. The molecular weight excluding hydrogens is 388 g/mol. The van der Waals surface area contributed by atoms with Gasteiger partial charge in [-0.05, 0) is 67.9 Å². The summed E-state index contributed by atoms with van der Waals surface area (Å²) in [5.74, 6) is 0.948. The molecule has 1 aromatic carbocycles. The highest BCUT2D eigenvalue weighted by molar-refractivity contribution is 6.11. The Morgan fingerprint density at radius 2 is 1.55 bits per heavy atom. The van der Waals surface area contributed by atoms with Crippen molar-refractivity contribution < 1.29 is 14.4 Å². The number of carbonyl (C=O) groups is 3. The van der Waals surface area contributed by atoms with Crippen molar-refractivity contribution in [3.8, 4) is 0 Å². The van der Waals surface area contributed by atoms with E-state index in [1.54, 1.807) is 7.05 Å². The number of Topliss-reactive ketones (excluding diaryl/α,β-unsaturated/α-hetero) is 1. The summed E-state index contributed by atoms with van der Waals surface area (Å²) in [5.41, 5.74) is 1.77. The van der Waals surface area contributed by atoms with Gasteiger partial charge in [0.05, 0.1) is 17.9 Å². The third-order valence-electron chi connectivity index (χ3n) is 9.46. The Hall–Kier alpha value is -2.43. The minimum atomic E-state index is -0.557. The van der Waals surface area contributed by atoms with Crippen LogP contribution in [0, 0.1) is 35.0 Å². The Labute approximate surface area is 182 Å². The predicted octanol–water partition coefficient (Wildman–Crippen LogP) is 3.29. The first kappa shape index (κ1) is 18.2. The number of nitrogens with zero attached hydrogens (tertiary/aromatic N) is 2. The van der Waals surface area contributed by atoms with E-state index in [9.17, 15) is 14.4 Å². The van der Waals surface area contributed by atoms with Crippen LogP contribution in [0.1, 0.15) is 44.1 Å². The van der Waals surface area contributed by atoms with Gasteiger partial charge in [0.25, 0.3) is 0 Å². The predicted molar refractivity (Wildman–Crippen MR) is 116 cm³/mol. The van der Waals surface area contributed by atoms with Crippen molar-refractivity contribution >= 4 is 29.4 Å². The summed E-state index contributed by atoms with van der Waals surface area (Å²) in [7, 11) is 1.58. The molecular formula is C26H28N2O3. The lowest BCUT2D eigenvalue weighted by atomic mass is 9.47. The van der Waals surface area contributed by atoms with Crippen LogP contribution in [0.4, 0.5) is 5.69 Å². The molecule has 4 saturated carbocycles. The van der Waals surface area contributed by atoms with Crippen molar-refractivity contribution in [2.45, 2.75) is 50.6 Å². The zero-order valence-electron chi connectivity index (χ0n) is 17.9. The number of fused-ring (bicyclic) bond motifs is 5. The second-order valence-corrected chi connectivity index (χ2v) is 11.1. The number of benzene rings is 1. The maximum Gasteiger partial charge on any atom is 0.235 e. The maximum atomic E-state index is 14.5. The van der Waals surface area contributed by atoms with Gasteiger partial charge >= 0.3 is 0 Å². The van der Waals surface area contributed by atoms with Crippen LogP contribution in [0.5, 0.6) is 0 Å². The van der Waals surface area contributed by atoms with Crippen LogP contribution in [0.3, 0.4) is 0 Å². The summed E-state index contributed by atoms with van der Waals surface area (Å²) in [4.78, 5) is 44.4. The summed E-state index contributed by atoms with van der Waals surface area (Å²) < 4.78 is 0. The van der Waals surface area contributed by atoms with E-state index in [0.717, 1.165) is 30.5 Å². The molecule has 4 atom stereocenters. The van der Waals surface area contributed by atoms with Crippen molar-refractivity contribution in [1.82, 2.24) is 4.90 Å². The quantitative estimate of drug-likeness (QED) is 0.695. The molecule has 2 amide bonds. The van der Waals surface area contributed by atoms with Crippen LogP contribution in [0.2, 0.25) is 0 Å². The number of ketones is 1. The number of amides is 2. The van der Waals surface area contributed by atoms with Crippen LogP contribution in [0.25, 0.3) is 6.08 Å². The van der Waals surface area contributed by atoms with E-state index >= 15 is 0 Å². The van der Waals surface area contributed by atoms with E-state index in [1.807, 2.05) is 18.2 Å². The zero-order valence-corrected chi connectivity index (χ0v) is 17.9. The monoisotopic (exact) mass is 416 g/mol. The largest absolute Gasteiger partial charge is 0.353 e. The Morgan fingerprint density at radius 3 is 2.23 bits per heavy atom. The SMILES string of the molecule is CN1C(=O)[C@@H]2[C@H](C1=O)[C@H](C(=O)C13CC4CC(CC(C4)C1)C3)N1c3ccccc3C=C[C@@H]21. The molecule has 3 aliphatic heterocycles. The number of rotatable bonds is 2. The molecule has 0 radical (unpaired) electrons. The first-order valence-corrected chi connectivity index (χ1v) is 11.9. The molecule has 0 spiro atoms. The molecule has 8 rings (SSSR count). The number of para-hydroxylation sites is 1. The van der Waals surface area contributed by atoms with Gasteiger partial charge in [-0.1, -0.05) is 30.4 Å². The molecule has 4 bridgehead atoms. The summed E-state index contributed by atoms with van der Waals surface area (Å²) in [6, 6.07) is 7.35. The molecule has 0 unspecified atom stereocenters. The van der Waals surface area contributed by atoms with Crippen molar-refractivity contribution in [2.75, 3.05) is 11.9 Å². The molecule has 3 heterocycles. The third kappa shape index (κ3) is 2.20. The Bertz CT molecular complexity index is 1020. The fourth-order valence-electron chi connectivity index (χ4n) is 8.69. The topological polar surface area (TPSA) is 57.7 Å². The minimum absolute atomic E-state index is 0.130. The molecule has 7 aliphatic rings. The van der Waals surface area contributed by atoms with Crippen molar-refractivity contribution in [3.05, 3.63) is 35.9 Å². The lowest BCUT2D eigenvalue weighted by molar-refractivity contribution is -0.148. The molecule has 5 nitrogen and oxygen atoms in total. The van der Waals surface area contributed by atoms with E-state index < -0.39 is 17.9 Å². The van der Waals surface area contributed by atoms with Gasteiger partial charge in [0, 0.05) is 18.2 Å². The van der Waals surface area contributed by atoms with Crippen molar-refractivity contribution in [3.63, 3.8) is 0 Å². The molecule has 160 valence electrons. The molecule has 6 fully saturated rings. The zero-order chi connectivity index (χ0) is 21.1. The van der Waals surface area contributed by atoms with Gasteiger partial charge in [0.1, 0.15) is 6.04 Å². The summed E-state index contributed by atoms with van der Waals surface area (Å²) in [5, 5.41) is 0. The van der Waals surface area contributed by atoms with Gasteiger partial charge in [-0.3, -0.25) is 19.3 Å². The van der Waals surface area contributed by atoms with Gasteiger partial charge < -0.3 is 4.90 Å². The Morgan fingerprint density at radius 1 is 0.935 bits per heavy atom. The first-order chi connectivity index (χ1) is 15.0. The standard InChI is InChI=1S/C26H28N2O3/c1-27-24(30)20-19-7-6-17-4-2-3-5-18(17)28(19)22(21(20)25(27)31)23(29)26-11-14-8-15(12-26)10-16(9-14)13-26/h2-7,14-16,19-22H,8-13H2,1H3/t14?,15?,16?,19-,20-,21-,22+,26?/m0/s1. The highest BCUT2D eigenvalue weighted by atomic mass is 16.2. The molecule has 31 heavy (non-hydrogen) atoms. The summed E-state index contributed by atoms with van der Waals surface area (Å²) in [6.07, 6.45) is 10.9. The van der Waals surface area contributed by atoms with Crippen molar-refractivity contribution in [2.24, 2.45) is 35.0 Å². The number of anilines is 1. The van der Waals surface area contributed by atoms with Gasteiger partial charge in [-0.15, -0.1) is 0 Å². The fourth-order valence-corrected chi connectivity index (χ4v) is 8.69. The normalized spacial score (nSPS) is 44.0. The molecule has 0 aromatic heterocycles. The third-order valence-corrected chi connectivity index (χ3v) is 9.46. The number of hydrogen-bond acceptors (Lipinski definition) is 4. The average Bonchev–Trinajstić information content (AvgIpc) is 3.21. The van der Waals surface area contributed by atoms with Crippen LogP contribution in [0.15, 0.2) is 30.3 Å². The highest BCUT2D eigenvalue weighted by Gasteiger charge is 2.66. The maximum absolute atomic E-state index is 14.5. The van der Waals surface area contributed by atoms with E-state index in [4.69, 9.17) is 0 Å². The molecule has 1 aromatic rings. The van der Waals surface area contributed by atoms with Crippen molar-refractivity contribution in [1.29, 1.82) is 0 Å². The van der Waals surface area contributed by atoms with E-state index in [0.29, 0.717) is 17.8 Å². The van der Waals surface area contributed by atoms with Gasteiger partial charge in [0.15, 0.2) is 5.78 Å². The van der Waals surface area contributed by atoms with Gasteiger partial charge in [0.2, 0.25) is 11.8 Å².